The van der Waals surface area contributed by atoms with Gasteiger partial charge in [0, 0.05) is 30.0 Å². The number of carbonyl (C=O) groups excluding carboxylic acids is 2. The fourth-order valence-electron chi connectivity index (χ4n) is 4.70. The Labute approximate surface area is 229 Å². The molecule has 2 amide bonds. The van der Waals surface area contributed by atoms with E-state index in [1.165, 1.54) is 17.0 Å². The number of benzene rings is 2. The highest BCUT2D eigenvalue weighted by molar-refractivity contribution is 9.10. The number of amides is 2. The third-order valence-corrected chi connectivity index (χ3v) is 8.52. The number of nitrogens with one attached hydrogen (secondary N) is 1. The summed E-state index contributed by atoms with van der Waals surface area (Å²) in [5.41, 5.74) is 2.53. The van der Waals surface area contributed by atoms with Gasteiger partial charge in [0.15, 0.2) is 0 Å². The van der Waals surface area contributed by atoms with Crippen LogP contribution in [0.3, 0.4) is 0 Å². The van der Waals surface area contributed by atoms with Gasteiger partial charge in [0.1, 0.15) is 6.04 Å². The SMILES string of the molecule is Cc1ccc(N(CCCC(=O)N(Cc2cccc(Br)c2)[C@H](C)C(=O)NC2CCCCC2)S(C)(=O)=O)cc1. The molecule has 0 unspecified atom stereocenters. The average molecular weight is 593 g/mol. The van der Waals surface area contributed by atoms with Crippen molar-refractivity contribution in [2.24, 2.45) is 0 Å². The van der Waals surface area contributed by atoms with Crippen molar-refractivity contribution >= 4 is 43.5 Å². The molecule has 0 spiro atoms. The highest BCUT2D eigenvalue weighted by atomic mass is 79.9. The minimum atomic E-state index is -3.51. The first kappa shape index (κ1) is 29.2. The maximum absolute atomic E-state index is 13.4. The maximum Gasteiger partial charge on any atom is 0.242 e. The molecule has 3 rings (SSSR count). The Balaban J connectivity index is 1.71. The van der Waals surface area contributed by atoms with Crippen LogP contribution in [0.2, 0.25) is 0 Å². The summed E-state index contributed by atoms with van der Waals surface area (Å²) in [5.74, 6) is -0.323. The zero-order valence-electron chi connectivity index (χ0n) is 22.0. The quantitative estimate of drug-likeness (QED) is 0.390. The number of aryl methyl sites for hydroxylation is 1. The van der Waals surface area contributed by atoms with Gasteiger partial charge in [-0.3, -0.25) is 13.9 Å². The van der Waals surface area contributed by atoms with E-state index >= 15 is 0 Å². The molecule has 0 saturated heterocycles. The summed E-state index contributed by atoms with van der Waals surface area (Å²) in [5, 5.41) is 3.14. The molecule has 7 nitrogen and oxygen atoms in total. The highest BCUT2D eigenvalue weighted by Crippen LogP contribution is 2.21. The van der Waals surface area contributed by atoms with E-state index in [2.05, 4.69) is 21.2 Å². The second-order valence-corrected chi connectivity index (χ2v) is 12.8. The largest absolute Gasteiger partial charge is 0.352 e. The Hall–Kier alpha value is -2.39. The van der Waals surface area contributed by atoms with Gasteiger partial charge in [-0.25, -0.2) is 8.42 Å². The minimum absolute atomic E-state index is 0.132. The van der Waals surface area contributed by atoms with Crippen molar-refractivity contribution in [3.05, 3.63) is 64.1 Å². The van der Waals surface area contributed by atoms with Crippen LogP contribution in [-0.4, -0.2) is 50.0 Å². The van der Waals surface area contributed by atoms with E-state index in [1.54, 1.807) is 24.0 Å². The molecule has 0 aromatic heterocycles. The number of sulfonamides is 1. The fourth-order valence-corrected chi connectivity index (χ4v) is 6.11. The van der Waals surface area contributed by atoms with Crippen molar-refractivity contribution in [2.75, 3.05) is 17.1 Å². The molecule has 0 bridgehead atoms. The molecule has 0 aliphatic heterocycles. The van der Waals surface area contributed by atoms with Crippen molar-refractivity contribution in [1.29, 1.82) is 0 Å². The molecule has 1 atom stereocenters. The molecule has 1 aliphatic rings. The molecule has 0 heterocycles. The summed E-state index contributed by atoms with van der Waals surface area (Å²) in [4.78, 5) is 28.2. The lowest BCUT2D eigenvalue weighted by Gasteiger charge is -2.31. The van der Waals surface area contributed by atoms with Crippen LogP contribution in [-0.2, 0) is 26.2 Å². The summed E-state index contributed by atoms with van der Waals surface area (Å²) < 4.78 is 27.2. The Morgan fingerprint density at radius 3 is 2.38 bits per heavy atom. The molecule has 1 N–H and O–H groups in total. The zero-order valence-corrected chi connectivity index (χ0v) is 24.4. The van der Waals surface area contributed by atoms with Crippen LogP contribution in [0, 0.1) is 6.92 Å². The first-order valence-corrected chi connectivity index (χ1v) is 15.6. The molecule has 202 valence electrons. The van der Waals surface area contributed by atoms with Crippen LogP contribution < -0.4 is 9.62 Å². The van der Waals surface area contributed by atoms with E-state index in [4.69, 9.17) is 0 Å². The number of nitrogens with zero attached hydrogens (tertiary/aromatic N) is 2. The van der Waals surface area contributed by atoms with Crippen LogP contribution in [0.4, 0.5) is 5.69 Å². The first-order chi connectivity index (χ1) is 17.5. The van der Waals surface area contributed by atoms with Gasteiger partial charge < -0.3 is 10.2 Å². The topological polar surface area (TPSA) is 86.8 Å². The number of hydrogen-bond acceptors (Lipinski definition) is 4. The smallest absolute Gasteiger partial charge is 0.242 e. The van der Waals surface area contributed by atoms with Gasteiger partial charge in [-0.1, -0.05) is 65.0 Å². The van der Waals surface area contributed by atoms with Gasteiger partial charge in [-0.05, 0) is 62.9 Å². The van der Waals surface area contributed by atoms with Gasteiger partial charge in [0.2, 0.25) is 21.8 Å². The maximum atomic E-state index is 13.4. The normalized spacial score (nSPS) is 15.1. The lowest BCUT2D eigenvalue weighted by atomic mass is 9.95. The van der Waals surface area contributed by atoms with Crippen molar-refractivity contribution in [2.45, 2.75) is 77.4 Å². The predicted octanol–water partition coefficient (Wildman–Crippen LogP) is 5.17. The molecule has 1 saturated carbocycles. The number of rotatable bonds is 11. The zero-order chi connectivity index (χ0) is 27.0. The second-order valence-electron chi connectivity index (χ2n) is 9.95. The van der Waals surface area contributed by atoms with Crippen LogP contribution in [0.5, 0.6) is 0 Å². The third kappa shape index (κ3) is 8.85. The summed E-state index contributed by atoms with van der Waals surface area (Å²) >= 11 is 3.48. The molecule has 37 heavy (non-hydrogen) atoms. The van der Waals surface area contributed by atoms with E-state index in [0.29, 0.717) is 18.7 Å². The highest BCUT2D eigenvalue weighted by Gasteiger charge is 2.28. The van der Waals surface area contributed by atoms with E-state index in [1.807, 2.05) is 43.3 Å². The summed E-state index contributed by atoms with van der Waals surface area (Å²) in [7, 11) is -3.51. The standard InChI is InChI=1S/C28H38BrN3O4S/c1-21-14-16-26(17-15-21)32(37(3,35)36)18-8-13-27(33)31(20-23-9-7-10-24(29)19-23)22(2)28(34)30-25-11-5-4-6-12-25/h7,9-10,14-17,19,22,25H,4-6,8,11-13,18,20H2,1-3H3,(H,30,34)/t22-/m1/s1. The van der Waals surface area contributed by atoms with Crippen molar-refractivity contribution in [3.63, 3.8) is 0 Å². The van der Waals surface area contributed by atoms with Crippen molar-refractivity contribution < 1.29 is 18.0 Å². The molecule has 2 aromatic carbocycles. The average Bonchev–Trinajstić information content (AvgIpc) is 2.85. The molecular formula is C28H38BrN3O4S. The van der Waals surface area contributed by atoms with Crippen LogP contribution in [0.15, 0.2) is 53.0 Å². The first-order valence-electron chi connectivity index (χ1n) is 12.9. The predicted molar refractivity (Wildman–Crippen MR) is 152 cm³/mol. The fraction of sp³-hybridized carbons (Fsp3) is 0.500. The number of anilines is 1. The minimum Gasteiger partial charge on any atom is -0.352 e. The van der Waals surface area contributed by atoms with Crippen molar-refractivity contribution in [1.82, 2.24) is 10.2 Å². The summed E-state index contributed by atoms with van der Waals surface area (Å²) in [6.45, 7) is 4.19. The van der Waals surface area contributed by atoms with Crippen LogP contribution in [0.1, 0.15) is 63.0 Å². The van der Waals surface area contributed by atoms with Crippen molar-refractivity contribution in [3.8, 4) is 0 Å². The van der Waals surface area contributed by atoms with E-state index in [-0.39, 0.29) is 30.8 Å². The van der Waals surface area contributed by atoms with Gasteiger partial charge in [0.25, 0.3) is 0 Å². The number of hydrogen-bond donors (Lipinski definition) is 1. The number of halogens is 1. The van der Waals surface area contributed by atoms with Crippen LogP contribution >= 0.6 is 15.9 Å². The Morgan fingerprint density at radius 2 is 1.76 bits per heavy atom. The van der Waals surface area contributed by atoms with E-state index < -0.39 is 16.1 Å². The lowest BCUT2D eigenvalue weighted by Crippen LogP contribution is -2.50. The molecular weight excluding hydrogens is 554 g/mol. The third-order valence-electron chi connectivity index (χ3n) is 6.83. The van der Waals surface area contributed by atoms with Crippen LogP contribution in [0.25, 0.3) is 0 Å². The second kappa shape index (κ2) is 13.4. The lowest BCUT2D eigenvalue weighted by molar-refractivity contribution is -0.141. The Bertz CT molecular complexity index is 1160. The molecule has 9 heteroatoms. The molecule has 1 fully saturated rings. The molecule has 2 aromatic rings. The van der Waals surface area contributed by atoms with Gasteiger partial charge in [0.05, 0.1) is 11.9 Å². The monoisotopic (exact) mass is 591 g/mol. The van der Waals surface area contributed by atoms with Gasteiger partial charge >= 0.3 is 0 Å². The number of carbonyl (C=O) groups is 2. The summed E-state index contributed by atoms with van der Waals surface area (Å²) in [6.07, 6.45) is 7.00. The van der Waals surface area contributed by atoms with E-state index in [0.717, 1.165) is 41.3 Å². The summed E-state index contributed by atoms with van der Waals surface area (Å²) in [6, 6.07) is 14.5. The molecule has 0 radical (unpaired) electrons. The molecule has 1 aliphatic carbocycles. The Kier molecular flexibility index (Phi) is 10.6. The Morgan fingerprint density at radius 1 is 1.08 bits per heavy atom. The van der Waals surface area contributed by atoms with E-state index in [9.17, 15) is 18.0 Å². The van der Waals surface area contributed by atoms with Gasteiger partial charge in [-0.2, -0.15) is 0 Å². The van der Waals surface area contributed by atoms with Gasteiger partial charge in [-0.15, -0.1) is 0 Å².